The first-order valence-electron chi connectivity index (χ1n) is 7.57. The van der Waals surface area contributed by atoms with E-state index >= 15 is 0 Å². The third-order valence-electron chi connectivity index (χ3n) is 3.56. The van der Waals surface area contributed by atoms with E-state index in [4.69, 9.17) is 9.26 Å². The van der Waals surface area contributed by atoms with Gasteiger partial charge in [-0.2, -0.15) is 18.2 Å². The Morgan fingerprint density at radius 2 is 1.81 bits per heavy atom. The molecule has 1 heterocycles. The van der Waals surface area contributed by atoms with Crippen LogP contribution in [-0.4, -0.2) is 16.1 Å². The Kier molecular flexibility index (Phi) is 4.75. The van der Waals surface area contributed by atoms with Gasteiger partial charge in [0, 0.05) is 5.56 Å². The van der Waals surface area contributed by atoms with Gasteiger partial charge in [0.2, 0.25) is 5.82 Å². The molecule has 0 N–H and O–H groups in total. The third-order valence-corrected chi connectivity index (χ3v) is 3.56. The van der Waals surface area contributed by atoms with Crippen LogP contribution in [0.1, 0.15) is 27.4 Å². The summed E-state index contributed by atoms with van der Waals surface area (Å²) in [5.41, 5.74) is 0.142. The van der Waals surface area contributed by atoms with E-state index in [0.717, 1.165) is 17.7 Å². The molecule has 134 valence electrons. The molecular weight excluding hydrogens is 349 g/mol. The molecule has 0 aliphatic carbocycles. The Hall–Kier alpha value is -3.16. The van der Waals surface area contributed by atoms with Gasteiger partial charge in [-0.1, -0.05) is 47.1 Å². The fraction of sp³-hybridized carbons (Fsp3) is 0.167. The smallest absolute Gasteiger partial charge is 0.417 e. The average Bonchev–Trinajstić information content (AvgIpc) is 3.08. The van der Waals surface area contributed by atoms with E-state index in [9.17, 15) is 18.0 Å². The van der Waals surface area contributed by atoms with Crippen LogP contribution in [-0.2, 0) is 17.5 Å². The Morgan fingerprint density at radius 1 is 1.12 bits per heavy atom. The molecule has 5 nitrogen and oxygen atoms in total. The largest absolute Gasteiger partial charge is 0.452 e. The molecular formula is C18H13F3N2O3. The van der Waals surface area contributed by atoms with Crippen molar-refractivity contribution in [2.24, 2.45) is 0 Å². The normalized spacial score (nSPS) is 11.4. The predicted molar refractivity (Wildman–Crippen MR) is 85.0 cm³/mol. The molecule has 26 heavy (non-hydrogen) atoms. The number of carbonyl (C=O) groups is 1. The van der Waals surface area contributed by atoms with Crippen LogP contribution in [0.5, 0.6) is 0 Å². The van der Waals surface area contributed by atoms with E-state index in [1.165, 1.54) is 12.1 Å². The van der Waals surface area contributed by atoms with Gasteiger partial charge in [0.1, 0.15) is 0 Å². The van der Waals surface area contributed by atoms with Gasteiger partial charge in [0.05, 0.1) is 11.1 Å². The monoisotopic (exact) mass is 362 g/mol. The lowest BCUT2D eigenvalue weighted by molar-refractivity contribution is -0.138. The summed E-state index contributed by atoms with van der Waals surface area (Å²) in [6, 6.07) is 11.7. The number of nitrogens with zero attached hydrogens (tertiary/aromatic N) is 2. The minimum atomic E-state index is -4.65. The van der Waals surface area contributed by atoms with Gasteiger partial charge in [-0.05, 0) is 19.1 Å². The van der Waals surface area contributed by atoms with Crippen molar-refractivity contribution in [1.82, 2.24) is 10.1 Å². The first-order chi connectivity index (χ1) is 12.3. The summed E-state index contributed by atoms with van der Waals surface area (Å²) in [6.45, 7) is 1.51. The molecule has 0 saturated carbocycles. The third kappa shape index (κ3) is 3.90. The molecule has 8 heteroatoms. The molecule has 0 radical (unpaired) electrons. The lowest BCUT2D eigenvalue weighted by atomic mass is 10.1. The van der Waals surface area contributed by atoms with Crippen molar-refractivity contribution >= 4 is 5.97 Å². The maximum absolute atomic E-state index is 12.9. The zero-order valence-electron chi connectivity index (χ0n) is 13.6. The molecule has 3 rings (SSSR count). The summed E-state index contributed by atoms with van der Waals surface area (Å²) in [5.74, 6) is -0.835. The van der Waals surface area contributed by atoms with Crippen LogP contribution in [0.4, 0.5) is 13.2 Å². The maximum Gasteiger partial charge on any atom is 0.417 e. The summed E-state index contributed by atoms with van der Waals surface area (Å²) in [5, 5.41) is 3.77. The number of halogens is 3. The summed E-state index contributed by atoms with van der Waals surface area (Å²) < 4.78 is 48.7. The minimum Gasteiger partial charge on any atom is -0.452 e. The zero-order valence-corrected chi connectivity index (χ0v) is 13.6. The standard InChI is InChI=1S/C18H13F3N2O3/c1-11-6-8-12(9-7-11)16-22-15(26-23-16)10-25-17(24)13-4-2-3-5-14(13)18(19,20)21/h2-9H,10H2,1H3. The van der Waals surface area contributed by atoms with Crippen LogP contribution < -0.4 is 0 Å². The van der Waals surface area contributed by atoms with E-state index in [1.54, 1.807) is 12.1 Å². The molecule has 3 aromatic rings. The van der Waals surface area contributed by atoms with Gasteiger partial charge < -0.3 is 9.26 Å². The van der Waals surface area contributed by atoms with Gasteiger partial charge in [0.15, 0.2) is 6.61 Å². The van der Waals surface area contributed by atoms with Crippen LogP contribution in [0.25, 0.3) is 11.4 Å². The van der Waals surface area contributed by atoms with Gasteiger partial charge in [0.25, 0.3) is 5.89 Å². The van der Waals surface area contributed by atoms with Crippen molar-refractivity contribution in [3.05, 3.63) is 71.1 Å². The van der Waals surface area contributed by atoms with Gasteiger partial charge in [-0.3, -0.25) is 0 Å². The van der Waals surface area contributed by atoms with Crippen LogP contribution >= 0.6 is 0 Å². The molecule has 0 spiro atoms. The van der Waals surface area contributed by atoms with Gasteiger partial charge in [-0.15, -0.1) is 0 Å². The second kappa shape index (κ2) is 6.99. The molecule has 0 bridgehead atoms. The van der Waals surface area contributed by atoms with Crippen molar-refractivity contribution in [1.29, 1.82) is 0 Å². The van der Waals surface area contributed by atoms with E-state index in [0.29, 0.717) is 11.4 Å². The van der Waals surface area contributed by atoms with Crippen LogP contribution in [0.2, 0.25) is 0 Å². The van der Waals surface area contributed by atoms with Gasteiger partial charge >= 0.3 is 12.1 Å². The molecule has 0 saturated heterocycles. The number of hydrogen-bond donors (Lipinski definition) is 0. The SMILES string of the molecule is Cc1ccc(-c2noc(COC(=O)c3ccccc3C(F)(F)F)n2)cc1. The van der Waals surface area contributed by atoms with E-state index < -0.39 is 29.9 Å². The van der Waals surface area contributed by atoms with E-state index in [2.05, 4.69) is 10.1 Å². The lowest BCUT2D eigenvalue weighted by Crippen LogP contribution is -2.15. The highest BCUT2D eigenvalue weighted by atomic mass is 19.4. The van der Waals surface area contributed by atoms with Crippen molar-refractivity contribution in [2.75, 3.05) is 0 Å². The van der Waals surface area contributed by atoms with E-state index in [-0.39, 0.29) is 5.89 Å². The van der Waals surface area contributed by atoms with Gasteiger partial charge in [-0.25, -0.2) is 4.79 Å². The van der Waals surface area contributed by atoms with Crippen LogP contribution in [0, 0.1) is 6.92 Å². The highest BCUT2D eigenvalue weighted by Crippen LogP contribution is 2.32. The van der Waals surface area contributed by atoms with Crippen molar-refractivity contribution in [3.8, 4) is 11.4 Å². The van der Waals surface area contributed by atoms with Crippen molar-refractivity contribution in [2.45, 2.75) is 19.7 Å². The second-order valence-electron chi connectivity index (χ2n) is 5.50. The Morgan fingerprint density at radius 3 is 2.50 bits per heavy atom. The second-order valence-corrected chi connectivity index (χ2v) is 5.50. The fourth-order valence-electron chi connectivity index (χ4n) is 2.25. The minimum absolute atomic E-state index is 0.0154. The first kappa shape index (κ1) is 17.7. The molecule has 0 amide bonds. The maximum atomic E-state index is 12.9. The summed E-state index contributed by atoms with van der Waals surface area (Å²) in [7, 11) is 0. The van der Waals surface area contributed by atoms with Crippen LogP contribution in [0.15, 0.2) is 53.1 Å². The molecule has 0 aliphatic rings. The Bertz CT molecular complexity index is 918. The number of carbonyl (C=O) groups excluding carboxylic acids is 1. The quantitative estimate of drug-likeness (QED) is 0.643. The highest BCUT2D eigenvalue weighted by Gasteiger charge is 2.35. The number of esters is 1. The van der Waals surface area contributed by atoms with Crippen molar-refractivity contribution < 1.29 is 27.2 Å². The molecule has 0 atom stereocenters. The molecule has 2 aromatic carbocycles. The Balaban J connectivity index is 1.70. The first-order valence-corrected chi connectivity index (χ1v) is 7.57. The number of benzene rings is 2. The summed E-state index contributed by atoms with van der Waals surface area (Å²) in [6.07, 6.45) is -4.65. The molecule has 0 aliphatic heterocycles. The topological polar surface area (TPSA) is 65.2 Å². The lowest BCUT2D eigenvalue weighted by Gasteiger charge is -2.11. The number of rotatable bonds is 4. The fourth-order valence-corrected chi connectivity index (χ4v) is 2.25. The number of aryl methyl sites for hydroxylation is 1. The highest BCUT2D eigenvalue weighted by molar-refractivity contribution is 5.91. The Labute approximate surface area is 146 Å². The number of ether oxygens (including phenoxy) is 1. The van der Waals surface area contributed by atoms with Crippen LogP contribution in [0.3, 0.4) is 0 Å². The molecule has 1 aromatic heterocycles. The zero-order chi connectivity index (χ0) is 18.7. The predicted octanol–water partition coefficient (Wildman–Crippen LogP) is 4.42. The van der Waals surface area contributed by atoms with Crippen molar-refractivity contribution in [3.63, 3.8) is 0 Å². The molecule has 0 fully saturated rings. The van der Waals surface area contributed by atoms with E-state index in [1.807, 2.05) is 19.1 Å². The number of alkyl halides is 3. The molecule has 0 unspecified atom stereocenters. The summed E-state index contributed by atoms with van der Waals surface area (Å²) >= 11 is 0. The number of hydrogen-bond acceptors (Lipinski definition) is 5. The average molecular weight is 362 g/mol. The summed E-state index contributed by atoms with van der Waals surface area (Å²) in [4.78, 5) is 16.1. The number of aromatic nitrogens is 2.